The summed E-state index contributed by atoms with van der Waals surface area (Å²) in [7, 11) is 0. The number of halogens is 1. The van der Waals surface area contributed by atoms with Gasteiger partial charge < -0.3 is 4.74 Å². The number of nitriles is 1. The van der Waals surface area contributed by atoms with Crippen LogP contribution in [0.2, 0.25) is 0 Å². The lowest BCUT2D eigenvalue weighted by molar-refractivity contribution is 0.303. The van der Waals surface area contributed by atoms with Crippen LogP contribution in [0, 0.1) is 14.9 Å². The summed E-state index contributed by atoms with van der Waals surface area (Å²) >= 11 is 3.61. The van der Waals surface area contributed by atoms with Crippen LogP contribution >= 0.6 is 33.9 Å². The fraction of sp³-hybridized carbons (Fsp3) is 0.0417. The summed E-state index contributed by atoms with van der Waals surface area (Å²) < 4.78 is 9.17. The molecule has 0 aliphatic heterocycles. The van der Waals surface area contributed by atoms with Crippen LogP contribution in [-0.4, -0.2) is 9.38 Å². The van der Waals surface area contributed by atoms with Gasteiger partial charge in [0.1, 0.15) is 12.4 Å². The fourth-order valence-corrected chi connectivity index (χ4v) is 5.08. The van der Waals surface area contributed by atoms with Gasteiger partial charge in [0.25, 0.3) is 5.56 Å². The van der Waals surface area contributed by atoms with Crippen LogP contribution in [0.4, 0.5) is 0 Å². The van der Waals surface area contributed by atoms with E-state index in [2.05, 4.69) is 33.6 Å². The summed E-state index contributed by atoms with van der Waals surface area (Å²) in [4.78, 5) is 18.2. The van der Waals surface area contributed by atoms with Crippen LogP contribution in [0.15, 0.2) is 71.5 Å². The van der Waals surface area contributed by atoms with Crippen molar-refractivity contribution in [3.05, 3.63) is 102 Å². The highest BCUT2D eigenvalue weighted by molar-refractivity contribution is 14.1. The predicted octanol–water partition coefficient (Wildman–Crippen LogP) is 4.51. The van der Waals surface area contributed by atoms with Crippen molar-refractivity contribution in [2.45, 2.75) is 6.61 Å². The van der Waals surface area contributed by atoms with Crippen molar-refractivity contribution in [1.29, 1.82) is 5.26 Å². The highest BCUT2D eigenvalue weighted by atomic mass is 127. The summed E-state index contributed by atoms with van der Waals surface area (Å²) in [5.74, 6) is 0.736. The van der Waals surface area contributed by atoms with Gasteiger partial charge in [-0.1, -0.05) is 47.7 Å². The largest absolute Gasteiger partial charge is 0.488 e. The Balaban J connectivity index is 1.45. The molecule has 0 radical (unpaired) electrons. The standard InChI is InChI=1S/C24H14IN3O2S/c25-18-11-15(9-10-21(18)30-14-17-6-2-1-5-16(17)13-26)12-22-23(29)28-20-8-4-3-7-19(20)27-24(28)31-22/h1-12H,14H2/b22-12-. The SMILES string of the molecule is N#Cc1ccccc1COc1ccc(/C=c2\sc3nc4ccccc4n3c2=O)cc1I. The number of hydrogen-bond acceptors (Lipinski definition) is 5. The number of rotatable bonds is 4. The summed E-state index contributed by atoms with van der Waals surface area (Å²) in [6, 6.07) is 23.0. The van der Waals surface area contributed by atoms with Crippen LogP contribution in [0.25, 0.3) is 22.1 Å². The average molecular weight is 535 g/mol. The van der Waals surface area contributed by atoms with Crippen LogP contribution in [-0.2, 0) is 6.61 Å². The molecule has 0 aliphatic rings. The number of fused-ring (bicyclic) bond motifs is 3. The molecule has 0 N–H and O–H groups in total. The Hall–Kier alpha value is -3.22. The van der Waals surface area contributed by atoms with Gasteiger partial charge in [-0.05, 0) is 64.6 Å². The first kappa shape index (κ1) is 19.7. The van der Waals surface area contributed by atoms with Crippen LogP contribution in [0.3, 0.4) is 0 Å². The zero-order valence-corrected chi connectivity index (χ0v) is 19.1. The molecule has 0 saturated heterocycles. The van der Waals surface area contributed by atoms with Crippen LogP contribution in [0.1, 0.15) is 16.7 Å². The van der Waals surface area contributed by atoms with Crippen molar-refractivity contribution in [3.63, 3.8) is 0 Å². The summed E-state index contributed by atoms with van der Waals surface area (Å²) in [6.45, 7) is 0.322. The van der Waals surface area contributed by atoms with Gasteiger partial charge in [0.15, 0.2) is 4.96 Å². The number of ether oxygens (including phenoxy) is 1. The molecule has 2 heterocycles. The molecular weight excluding hydrogens is 521 g/mol. The summed E-state index contributed by atoms with van der Waals surface area (Å²) in [6.07, 6.45) is 1.88. The molecule has 7 heteroatoms. The molecule has 0 fully saturated rings. The highest BCUT2D eigenvalue weighted by Crippen LogP contribution is 2.24. The molecule has 150 valence electrons. The van der Waals surface area contributed by atoms with Gasteiger partial charge >= 0.3 is 0 Å². The van der Waals surface area contributed by atoms with E-state index in [-0.39, 0.29) is 5.56 Å². The number of imidazole rings is 1. The molecule has 3 aromatic carbocycles. The van der Waals surface area contributed by atoms with E-state index in [9.17, 15) is 10.1 Å². The molecular formula is C24H14IN3O2S. The number of nitrogens with zero attached hydrogens (tertiary/aromatic N) is 3. The Kier molecular flexibility index (Phi) is 5.18. The van der Waals surface area contributed by atoms with Crippen molar-refractivity contribution in [2.24, 2.45) is 0 Å². The number of benzene rings is 3. The van der Waals surface area contributed by atoms with E-state index in [1.165, 1.54) is 11.3 Å². The molecule has 0 spiro atoms. The first-order valence-corrected chi connectivity index (χ1v) is 11.4. The smallest absolute Gasteiger partial charge is 0.274 e. The van der Waals surface area contributed by atoms with E-state index in [0.29, 0.717) is 21.7 Å². The second-order valence-electron chi connectivity index (χ2n) is 6.88. The molecule has 5 aromatic rings. The number of aromatic nitrogens is 2. The number of hydrogen-bond donors (Lipinski definition) is 0. The third-order valence-electron chi connectivity index (χ3n) is 4.92. The lowest BCUT2D eigenvalue weighted by Gasteiger charge is -2.10. The maximum Gasteiger partial charge on any atom is 0.274 e. The average Bonchev–Trinajstić information content (AvgIpc) is 3.29. The predicted molar refractivity (Wildman–Crippen MR) is 130 cm³/mol. The first-order chi connectivity index (χ1) is 15.1. The van der Waals surface area contributed by atoms with Gasteiger partial charge in [0.05, 0.1) is 30.8 Å². The lowest BCUT2D eigenvalue weighted by atomic mass is 10.1. The minimum atomic E-state index is -0.0582. The minimum Gasteiger partial charge on any atom is -0.488 e. The van der Waals surface area contributed by atoms with Gasteiger partial charge in [0.2, 0.25) is 0 Å². The Bertz CT molecular complexity index is 1600. The van der Waals surface area contributed by atoms with Gasteiger partial charge in [0, 0.05) is 5.56 Å². The zero-order valence-electron chi connectivity index (χ0n) is 16.1. The number of thiazole rings is 1. The molecule has 0 bridgehead atoms. The van der Waals surface area contributed by atoms with Gasteiger partial charge in [-0.25, -0.2) is 9.38 Å². The van der Waals surface area contributed by atoms with Gasteiger partial charge in [-0.15, -0.1) is 0 Å². The highest BCUT2D eigenvalue weighted by Gasteiger charge is 2.11. The molecule has 0 saturated carbocycles. The molecule has 0 aliphatic carbocycles. The van der Waals surface area contributed by atoms with Crippen molar-refractivity contribution in [2.75, 3.05) is 0 Å². The third-order valence-corrected chi connectivity index (χ3v) is 6.73. The molecule has 0 atom stereocenters. The molecule has 31 heavy (non-hydrogen) atoms. The minimum absolute atomic E-state index is 0.0582. The topological polar surface area (TPSA) is 67.4 Å². The van der Waals surface area contributed by atoms with E-state index in [1.807, 2.05) is 66.7 Å². The molecule has 5 rings (SSSR count). The van der Waals surface area contributed by atoms with Gasteiger partial charge in [-0.3, -0.25) is 4.79 Å². The van der Waals surface area contributed by atoms with E-state index in [4.69, 9.17) is 4.74 Å². The summed E-state index contributed by atoms with van der Waals surface area (Å²) in [5.41, 5.74) is 3.97. The Labute approximate surface area is 195 Å². The quantitative estimate of drug-likeness (QED) is 0.318. The maximum atomic E-state index is 12.9. The van der Waals surface area contributed by atoms with Gasteiger partial charge in [-0.2, -0.15) is 5.26 Å². The Morgan fingerprint density at radius 2 is 1.94 bits per heavy atom. The van der Waals surface area contributed by atoms with E-state index >= 15 is 0 Å². The molecule has 2 aromatic heterocycles. The monoisotopic (exact) mass is 535 g/mol. The van der Waals surface area contributed by atoms with Crippen molar-refractivity contribution < 1.29 is 4.74 Å². The molecule has 0 amide bonds. The van der Waals surface area contributed by atoms with Crippen LogP contribution < -0.4 is 14.8 Å². The molecule has 5 nitrogen and oxygen atoms in total. The normalized spacial score (nSPS) is 11.8. The Morgan fingerprint density at radius 1 is 1.13 bits per heavy atom. The molecule has 0 unspecified atom stereocenters. The van der Waals surface area contributed by atoms with E-state index < -0.39 is 0 Å². The number of para-hydroxylation sites is 2. The fourth-order valence-electron chi connectivity index (χ4n) is 3.40. The zero-order chi connectivity index (χ0) is 21.4. The Morgan fingerprint density at radius 3 is 2.77 bits per heavy atom. The summed E-state index contributed by atoms with van der Waals surface area (Å²) in [5, 5.41) is 9.22. The maximum absolute atomic E-state index is 12.9. The van der Waals surface area contributed by atoms with Crippen LogP contribution in [0.5, 0.6) is 5.75 Å². The van der Waals surface area contributed by atoms with Crippen molar-refractivity contribution in [3.8, 4) is 11.8 Å². The van der Waals surface area contributed by atoms with Crippen molar-refractivity contribution >= 4 is 56.0 Å². The van der Waals surface area contributed by atoms with E-state index in [0.717, 1.165) is 31.5 Å². The van der Waals surface area contributed by atoms with Crippen molar-refractivity contribution in [1.82, 2.24) is 9.38 Å². The lowest BCUT2D eigenvalue weighted by Crippen LogP contribution is -2.22. The first-order valence-electron chi connectivity index (χ1n) is 9.46. The second-order valence-corrected chi connectivity index (χ2v) is 9.05. The third kappa shape index (κ3) is 3.69. The van der Waals surface area contributed by atoms with E-state index in [1.54, 1.807) is 10.5 Å². The second kappa shape index (κ2) is 8.13.